The van der Waals surface area contributed by atoms with Crippen molar-refractivity contribution in [1.29, 1.82) is 0 Å². The minimum atomic E-state index is 0.364. The molecule has 0 aliphatic heterocycles. The SMILES string of the molecule is CCC(N)CN(C)C1CCCCCC1. The molecule has 0 spiro atoms. The molecule has 1 aliphatic rings. The summed E-state index contributed by atoms with van der Waals surface area (Å²) in [5, 5.41) is 0. The van der Waals surface area contributed by atoms with Crippen molar-refractivity contribution in [3.8, 4) is 0 Å². The van der Waals surface area contributed by atoms with E-state index in [1.165, 1.54) is 38.5 Å². The molecule has 1 unspecified atom stereocenters. The zero-order chi connectivity index (χ0) is 10.4. The summed E-state index contributed by atoms with van der Waals surface area (Å²) in [5.74, 6) is 0. The van der Waals surface area contributed by atoms with Gasteiger partial charge in [0.25, 0.3) is 0 Å². The van der Waals surface area contributed by atoms with Gasteiger partial charge in [-0.05, 0) is 26.3 Å². The van der Waals surface area contributed by atoms with Crippen molar-refractivity contribution >= 4 is 0 Å². The Kier molecular flexibility index (Phi) is 5.49. The molecule has 0 heterocycles. The Morgan fingerprint density at radius 3 is 2.29 bits per heavy atom. The maximum atomic E-state index is 5.98. The lowest BCUT2D eigenvalue weighted by Crippen LogP contribution is -2.40. The molecule has 84 valence electrons. The van der Waals surface area contributed by atoms with Crippen LogP contribution in [0.5, 0.6) is 0 Å². The highest BCUT2D eigenvalue weighted by atomic mass is 15.1. The van der Waals surface area contributed by atoms with Crippen LogP contribution in [0.4, 0.5) is 0 Å². The molecule has 2 N–H and O–H groups in total. The van der Waals surface area contributed by atoms with Crippen LogP contribution in [0.1, 0.15) is 51.9 Å². The van der Waals surface area contributed by atoms with Gasteiger partial charge in [-0.15, -0.1) is 0 Å². The average Bonchev–Trinajstić information content (AvgIpc) is 2.45. The summed E-state index contributed by atoms with van der Waals surface area (Å²) in [6.45, 7) is 3.24. The molecular weight excluding hydrogens is 172 g/mol. The average molecular weight is 198 g/mol. The van der Waals surface area contributed by atoms with E-state index in [0.717, 1.165) is 19.0 Å². The quantitative estimate of drug-likeness (QED) is 0.703. The molecule has 0 radical (unpaired) electrons. The highest BCUT2D eigenvalue weighted by Crippen LogP contribution is 2.20. The van der Waals surface area contributed by atoms with Crippen LogP contribution < -0.4 is 5.73 Å². The summed E-state index contributed by atoms with van der Waals surface area (Å²) in [4.78, 5) is 2.49. The molecule has 1 rings (SSSR count). The van der Waals surface area contributed by atoms with Gasteiger partial charge in [-0.1, -0.05) is 32.6 Å². The Balaban J connectivity index is 2.30. The molecular formula is C12H26N2. The number of likely N-dealkylation sites (N-methyl/N-ethyl adjacent to an activating group) is 1. The predicted molar refractivity (Wildman–Crippen MR) is 62.4 cm³/mol. The third-order valence-electron chi connectivity index (χ3n) is 3.49. The lowest BCUT2D eigenvalue weighted by molar-refractivity contribution is 0.207. The second kappa shape index (κ2) is 6.41. The van der Waals surface area contributed by atoms with Crippen LogP contribution in [0.25, 0.3) is 0 Å². The molecule has 1 atom stereocenters. The van der Waals surface area contributed by atoms with Crippen LogP contribution in [0.3, 0.4) is 0 Å². The Labute approximate surface area is 88.8 Å². The summed E-state index contributed by atoms with van der Waals surface area (Å²) >= 11 is 0. The first kappa shape index (κ1) is 12.0. The molecule has 0 saturated heterocycles. The van der Waals surface area contributed by atoms with Gasteiger partial charge in [0, 0.05) is 18.6 Å². The largest absolute Gasteiger partial charge is 0.327 e. The van der Waals surface area contributed by atoms with Crippen LogP contribution in [-0.2, 0) is 0 Å². The Morgan fingerprint density at radius 1 is 1.21 bits per heavy atom. The Hall–Kier alpha value is -0.0800. The van der Waals surface area contributed by atoms with Gasteiger partial charge in [-0.2, -0.15) is 0 Å². The summed E-state index contributed by atoms with van der Waals surface area (Å²) in [7, 11) is 2.24. The third-order valence-corrected chi connectivity index (χ3v) is 3.49. The molecule has 0 aromatic carbocycles. The zero-order valence-electron chi connectivity index (χ0n) is 9.84. The van der Waals surface area contributed by atoms with E-state index in [1.807, 2.05) is 0 Å². The maximum Gasteiger partial charge on any atom is 0.0165 e. The van der Waals surface area contributed by atoms with Gasteiger partial charge in [0.1, 0.15) is 0 Å². The summed E-state index contributed by atoms with van der Waals surface area (Å²) < 4.78 is 0. The molecule has 1 fully saturated rings. The molecule has 1 aliphatic carbocycles. The van der Waals surface area contributed by atoms with Crippen molar-refractivity contribution in [3.05, 3.63) is 0 Å². The molecule has 0 bridgehead atoms. The smallest absolute Gasteiger partial charge is 0.0165 e. The lowest BCUT2D eigenvalue weighted by atomic mass is 10.1. The minimum Gasteiger partial charge on any atom is -0.327 e. The van der Waals surface area contributed by atoms with E-state index in [9.17, 15) is 0 Å². The van der Waals surface area contributed by atoms with Crippen molar-refractivity contribution in [2.75, 3.05) is 13.6 Å². The molecule has 2 nitrogen and oxygen atoms in total. The molecule has 0 aromatic rings. The first-order valence-electron chi connectivity index (χ1n) is 6.20. The number of rotatable bonds is 4. The van der Waals surface area contributed by atoms with Crippen LogP contribution in [0.2, 0.25) is 0 Å². The minimum absolute atomic E-state index is 0.364. The number of hydrogen-bond donors (Lipinski definition) is 1. The summed E-state index contributed by atoms with van der Waals surface area (Å²) in [6, 6.07) is 1.17. The Morgan fingerprint density at radius 2 is 1.79 bits per heavy atom. The summed E-state index contributed by atoms with van der Waals surface area (Å²) in [5.41, 5.74) is 5.98. The van der Waals surface area contributed by atoms with Crippen LogP contribution in [0.15, 0.2) is 0 Å². The standard InChI is InChI=1S/C12H26N2/c1-3-11(13)10-14(2)12-8-6-4-5-7-9-12/h11-12H,3-10,13H2,1-2H3. The van der Waals surface area contributed by atoms with Crippen LogP contribution in [-0.4, -0.2) is 30.6 Å². The van der Waals surface area contributed by atoms with Gasteiger partial charge in [-0.25, -0.2) is 0 Å². The van der Waals surface area contributed by atoms with E-state index < -0.39 is 0 Å². The lowest BCUT2D eigenvalue weighted by Gasteiger charge is -2.29. The Bertz CT molecular complexity index is 139. The van der Waals surface area contributed by atoms with Gasteiger partial charge in [0.2, 0.25) is 0 Å². The van der Waals surface area contributed by atoms with Crippen LogP contribution in [0, 0.1) is 0 Å². The van der Waals surface area contributed by atoms with Crippen molar-refractivity contribution in [2.45, 2.75) is 64.0 Å². The second-order valence-electron chi connectivity index (χ2n) is 4.75. The molecule has 14 heavy (non-hydrogen) atoms. The molecule has 1 saturated carbocycles. The summed E-state index contributed by atoms with van der Waals surface area (Å²) in [6.07, 6.45) is 9.55. The van der Waals surface area contributed by atoms with Crippen molar-refractivity contribution in [3.63, 3.8) is 0 Å². The van der Waals surface area contributed by atoms with E-state index in [1.54, 1.807) is 0 Å². The topological polar surface area (TPSA) is 29.3 Å². The molecule has 2 heteroatoms. The maximum absolute atomic E-state index is 5.98. The van der Waals surface area contributed by atoms with E-state index in [4.69, 9.17) is 5.73 Å². The van der Waals surface area contributed by atoms with Crippen LogP contribution >= 0.6 is 0 Å². The fourth-order valence-corrected chi connectivity index (χ4v) is 2.35. The fraction of sp³-hybridized carbons (Fsp3) is 1.00. The van der Waals surface area contributed by atoms with Gasteiger partial charge < -0.3 is 10.6 Å². The van der Waals surface area contributed by atoms with Gasteiger partial charge in [0.05, 0.1) is 0 Å². The highest BCUT2D eigenvalue weighted by molar-refractivity contribution is 4.75. The normalized spacial score (nSPS) is 22.3. The second-order valence-corrected chi connectivity index (χ2v) is 4.75. The third kappa shape index (κ3) is 3.97. The number of nitrogens with two attached hydrogens (primary N) is 1. The fourth-order valence-electron chi connectivity index (χ4n) is 2.35. The van der Waals surface area contributed by atoms with Gasteiger partial charge in [0.15, 0.2) is 0 Å². The van der Waals surface area contributed by atoms with Crippen molar-refractivity contribution in [1.82, 2.24) is 4.90 Å². The first-order valence-corrected chi connectivity index (χ1v) is 6.20. The number of hydrogen-bond acceptors (Lipinski definition) is 2. The van der Waals surface area contributed by atoms with E-state index in [-0.39, 0.29) is 0 Å². The van der Waals surface area contributed by atoms with Crippen molar-refractivity contribution in [2.24, 2.45) is 5.73 Å². The van der Waals surface area contributed by atoms with E-state index >= 15 is 0 Å². The monoisotopic (exact) mass is 198 g/mol. The first-order chi connectivity index (χ1) is 6.74. The molecule has 0 amide bonds. The van der Waals surface area contributed by atoms with E-state index in [0.29, 0.717) is 6.04 Å². The highest BCUT2D eigenvalue weighted by Gasteiger charge is 2.17. The zero-order valence-corrected chi connectivity index (χ0v) is 9.84. The van der Waals surface area contributed by atoms with E-state index in [2.05, 4.69) is 18.9 Å². The molecule has 0 aromatic heterocycles. The van der Waals surface area contributed by atoms with Gasteiger partial charge >= 0.3 is 0 Å². The van der Waals surface area contributed by atoms with Crippen molar-refractivity contribution < 1.29 is 0 Å². The number of nitrogens with zero attached hydrogens (tertiary/aromatic N) is 1. The van der Waals surface area contributed by atoms with Gasteiger partial charge in [-0.3, -0.25) is 0 Å². The predicted octanol–water partition coefficient (Wildman–Crippen LogP) is 2.38.